The van der Waals surface area contributed by atoms with Crippen molar-refractivity contribution < 1.29 is 29.4 Å². The lowest BCUT2D eigenvalue weighted by atomic mass is 9.82. The van der Waals surface area contributed by atoms with Gasteiger partial charge in [-0.2, -0.15) is 4.58 Å². The lowest BCUT2D eigenvalue weighted by Crippen LogP contribution is -2.64. The number of alkyl halides is 1. The molecular weight excluding hydrogens is 616 g/mol. The van der Waals surface area contributed by atoms with E-state index in [1.54, 1.807) is 0 Å². The summed E-state index contributed by atoms with van der Waals surface area (Å²) < 4.78 is 2.41. The number of aliphatic carboxylic acids is 2. The van der Waals surface area contributed by atoms with Gasteiger partial charge in [-0.25, -0.2) is 4.99 Å². The Balaban J connectivity index is 0.000000360. The van der Waals surface area contributed by atoms with E-state index < -0.39 is 11.9 Å². The molecular formula is C37H57BrN2O4+2. The fraction of sp³-hybridized carbons (Fsp3) is 0.568. The Morgan fingerprint density at radius 2 is 1.27 bits per heavy atom. The molecule has 0 spiro atoms. The third-order valence-electron chi connectivity index (χ3n) is 8.83. The molecule has 2 heterocycles. The molecule has 0 aromatic heterocycles. The number of benzene rings is 2. The molecule has 4 rings (SSSR count). The Bertz CT molecular complexity index is 1340. The number of carboxylic acids is 2. The van der Waals surface area contributed by atoms with Crippen LogP contribution in [0.2, 0.25) is 0 Å². The zero-order valence-electron chi connectivity index (χ0n) is 27.6. The van der Waals surface area contributed by atoms with Crippen LogP contribution < -0.4 is 4.99 Å². The Labute approximate surface area is 274 Å². The molecule has 44 heavy (non-hydrogen) atoms. The number of unbranched alkanes of at least 4 members (excludes halogenated alkanes) is 4. The van der Waals surface area contributed by atoms with Crippen LogP contribution in [0.3, 0.4) is 0 Å². The average Bonchev–Trinajstić information content (AvgIpc) is 3.27. The van der Waals surface area contributed by atoms with Crippen LogP contribution in [0.15, 0.2) is 36.4 Å². The van der Waals surface area contributed by atoms with Crippen molar-refractivity contribution in [2.45, 2.75) is 125 Å². The Kier molecular flexibility index (Phi) is 15.7. The van der Waals surface area contributed by atoms with E-state index in [2.05, 4.69) is 117 Å². The minimum absolute atomic E-state index is 0. The van der Waals surface area contributed by atoms with Crippen LogP contribution >= 0.6 is 15.9 Å². The van der Waals surface area contributed by atoms with Crippen molar-refractivity contribution in [3.63, 3.8) is 0 Å². The van der Waals surface area contributed by atoms with E-state index >= 15 is 0 Å². The SMILES string of the molecule is C.CC1=[N+](CCCCCC(=O)O)c2ccc(C)cc2C1(C)C.CC1=[NH+]c2ccc(C)cc2C1(C)C.O=C(O)CCCCCBr. The van der Waals surface area contributed by atoms with Crippen LogP contribution in [0.4, 0.5) is 11.4 Å². The number of aryl methyl sites for hydroxylation is 2. The number of halogens is 1. The third kappa shape index (κ3) is 10.7. The Hall–Kier alpha value is -2.80. The highest BCUT2D eigenvalue weighted by atomic mass is 79.9. The normalized spacial score (nSPS) is 15.1. The van der Waals surface area contributed by atoms with Gasteiger partial charge in [0.15, 0.2) is 11.4 Å². The molecule has 7 heteroatoms. The van der Waals surface area contributed by atoms with Crippen LogP contribution in [-0.2, 0) is 20.4 Å². The largest absolute Gasteiger partial charge is 0.481 e. The van der Waals surface area contributed by atoms with Gasteiger partial charge in [0, 0.05) is 61.7 Å². The van der Waals surface area contributed by atoms with Gasteiger partial charge in [0.2, 0.25) is 11.4 Å². The first-order valence-corrected chi connectivity index (χ1v) is 16.7. The summed E-state index contributed by atoms with van der Waals surface area (Å²) >= 11 is 3.27. The summed E-state index contributed by atoms with van der Waals surface area (Å²) in [5.74, 6) is -1.38. The molecule has 0 saturated carbocycles. The van der Waals surface area contributed by atoms with E-state index in [1.165, 1.54) is 45.1 Å². The molecule has 0 amide bonds. The number of hydrogen-bond donors (Lipinski definition) is 3. The highest BCUT2D eigenvalue weighted by Crippen LogP contribution is 2.40. The molecule has 0 fully saturated rings. The van der Waals surface area contributed by atoms with Crippen molar-refractivity contribution in [3.8, 4) is 0 Å². The summed E-state index contributed by atoms with van der Waals surface area (Å²) in [6.45, 7) is 18.7. The van der Waals surface area contributed by atoms with Crippen LogP contribution in [0, 0.1) is 13.8 Å². The molecule has 0 saturated heterocycles. The van der Waals surface area contributed by atoms with Gasteiger partial charge >= 0.3 is 11.9 Å². The monoisotopic (exact) mass is 672 g/mol. The molecule has 6 nitrogen and oxygen atoms in total. The van der Waals surface area contributed by atoms with Crippen LogP contribution in [-0.4, -0.2) is 50.0 Å². The van der Waals surface area contributed by atoms with Crippen molar-refractivity contribution >= 4 is 50.7 Å². The lowest BCUT2D eigenvalue weighted by molar-refractivity contribution is -0.439. The summed E-state index contributed by atoms with van der Waals surface area (Å²) in [7, 11) is 0. The molecule has 2 aromatic rings. The fourth-order valence-electron chi connectivity index (χ4n) is 5.50. The van der Waals surface area contributed by atoms with Crippen molar-refractivity contribution in [2.75, 3.05) is 11.9 Å². The first-order chi connectivity index (χ1) is 20.1. The lowest BCUT2D eigenvalue weighted by Gasteiger charge is -2.15. The second-order valence-corrected chi connectivity index (χ2v) is 13.7. The summed E-state index contributed by atoms with van der Waals surface area (Å²) in [6, 6.07) is 13.3. The topological polar surface area (TPSA) is 91.6 Å². The van der Waals surface area contributed by atoms with Crippen molar-refractivity contribution in [1.29, 1.82) is 0 Å². The van der Waals surface area contributed by atoms with E-state index in [0.29, 0.717) is 6.42 Å². The summed E-state index contributed by atoms with van der Waals surface area (Å²) in [6.07, 6.45) is 6.26. The molecule has 0 radical (unpaired) electrons. The maximum absolute atomic E-state index is 10.5. The first-order valence-electron chi connectivity index (χ1n) is 15.6. The zero-order chi connectivity index (χ0) is 32.4. The standard InChI is InChI=1S/C18H25NO2.C12H15N.C6H11BrO2.CH4/c1-13-9-10-16-15(12-13)18(3,4)14(2)19(16)11-7-5-6-8-17(20)21;1-8-5-6-11-10(7-8)12(3,4)9(2)13-11;7-5-3-1-2-4-6(8)9;/h9-10,12H,5-8,11H2,1-4H3;5-7H,1-4H3;1-5H2,(H,8,9);1H4/p+2. The van der Waals surface area contributed by atoms with Crippen molar-refractivity contribution in [3.05, 3.63) is 58.7 Å². The minimum atomic E-state index is -0.694. The van der Waals surface area contributed by atoms with Crippen molar-refractivity contribution in [1.82, 2.24) is 0 Å². The van der Waals surface area contributed by atoms with Gasteiger partial charge in [0.1, 0.15) is 6.54 Å². The van der Waals surface area contributed by atoms with E-state index in [9.17, 15) is 9.59 Å². The number of carbonyl (C=O) groups is 2. The predicted molar refractivity (Wildman–Crippen MR) is 188 cm³/mol. The average molecular weight is 674 g/mol. The summed E-state index contributed by atoms with van der Waals surface area (Å²) in [5.41, 5.74) is 11.1. The molecule has 0 bridgehead atoms. The van der Waals surface area contributed by atoms with Crippen molar-refractivity contribution in [2.24, 2.45) is 0 Å². The zero-order valence-corrected chi connectivity index (χ0v) is 29.2. The second-order valence-electron chi connectivity index (χ2n) is 12.9. The second kappa shape index (κ2) is 17.6. The first kappa shape index (κ1) is 39.2. The molecule has 0 unspecified atom stereocenters. The maximum Gasteiger partial charge on any atom is 0.303 e. The number of hydrogen-bond acceptors (Lipinski definition) is 2. The number of nitrogens with one attached hydrogen (secondary N) is 1. The highest BCUT2D eigenvalue weighted by molar-refractivity contribution is 9.09. The molecule has 2 aliphatic heterocycles. The van der Waals surface area contributed by atoms with Gasteiger partial charge in [-0.3, -0.25) is 9.59 Å². The number of rotatable bonds is 11. The quantitative estimate of drug-likeness (QED) is 0.128. The Morgan fingerprint density at radius 1 is 0.750 bits per heavy atom. The summed E-state index contributed by atoms with van der Waals surface area (Å²) in [4.78, 5) is 23.9. The van der Waals surface area contributed by atoms with E-state index in [4.69, 9.17) is 10.2 Å². The molecule has 2 aliphatic rings. The van der Waals surface area contributed by atoms with Gasteiger partial charge in [-0.1, -0.05) is 53.0 Å². The maximum atomic E-state index is 10.5. The molecule has 2 aromatic carbocycles. The number of fused-ring (bicyclic) bond motifs is 2. The smallest absolute Gasteiger partial charge is 0.303 e. The molecule has 3 N–H and O–H groups in total. The van der Waals surface area contributed by atoms with Gasteiger partial charge in [0.25, 0.3) is 0 Å². The molecule has 244 valence electrons. The molecule has 0 atom stereocenters. The van der Waals surface area contributed by atoms with Crippen LogP contribution in [0.5, 0.6) is 0 Å². The predicted octanol–water partition coefficient (Wildman–Crippen LogP) is 8.16. The fourth-order valence-corrected chi connectivity index (χ4v) is 5.90. The number of carboxylic acid groups (broad SMARTS) is 2. The van der Waals surface area contributed by atoms with E-state index in [1.807, 2.05) is 0 Å². The van der Waals surface area contributed by atoms with E-state index in [0.717, 1.165) is 50.4 Å². The summed E-state index contributed by atoms with van der Waals surface area (Å²) in [5, 5.41) is 17.9. The van der Waals surface area contributed by atoms with Gasteiger partial charge < -0.3 is 10.2 Å². The van der Waals surface area contributed by atoms with Crippen LogP contribution in [0.25, 0.3) is 0 Å². The van der Waals surface area contributed by atoms with E-state index in [-0.39, 0.29) is 24.7 Å². The van der Waals surface area contributed by atoms with Gasteiger partial charge in [-0.05, 0) is 79.4 Å². The van der Waals surface area contributed by atoms with Crippen LogP contribution in [0.1, 0.15) is 123 Å². The number of nitrogens with zero attached hydrogens (tertiary/aromatic N) is 1. The minimum Gasteiger partial charge on any atom is -0.481 e. The van der Waals surface area contributed by atoms with Gasteiger partial charge in [0.05, 0.1) is 10.8 Å². The third-order valence-corrected chi connectivity index (χ3v) is 9.39. The Morgan fingerprint density at radius 3 is 1.82 bits per heavy atom. The highest BCUT2D eigenvalue weighted by Gasteiger charge is 2.42. The molecule has 0 aliphatic carbocycles. The van der Waals surface area contributed by atoms with Gasteiger partial charge in [-0.15, -0.1) is 0 Å².